The van der Waals surface area contributed by atoms with Crippen LogP contribution < -0.4 is 29.2 Å². The van der Waals surface area contributed by atoms with Crippen LogP contribution in [0, 0.1) is 0 Å². The van der Waals surface area contributed by atoms with Crippen LogP contribution >= 0.6 is 15.9 Å². The van der Waals surface area contributed by atoms with E-state index in [1.165, 1.54) is 19.3 Å². The third-order valence-electron chi connectivity index (χ3n) is 5.34. The molecule has 0 aromatic heterocycles. The number of amides is 4. The van der Waals surface area contributed by atoms with Crippen LogP contribution in [0.2, 0.25) is 0 Å². The summed E-state index contributed by atoms with van der Waals surface area (Å²) in [4.78, 5) is 39.8. The average molecular weight is 561 g/mol. The third-order valence-corrected chi connectivity index (χ3v) is 5.93. The van der Waals surface area contributed by atoms with Gasteiger partial charge in [0.2, 0.25) is 0 Å². The summed E-state index contributed by atoms with van der Waals surface area (Å²) < 4.78 is 23.2. The molecule has 192 valence electrons. The number of anilines is 1. The molecule has 0 aliphatic carbocycles. The number of imide groups is 2. The van der Waals surface area contributed by atoms with E-state index in [4.69, 9.17) is 18.9 Å². The van der Waals surface area contributed by atoms with E-state index in [1.54, 1.807) is 31.2 Å². The summed E-state index contributed by atoms with van der Waals surface area (Å²) >= 11 is 3.48. The van der Waals surface area contributed by atoms with E-state index in [0.717, 1.165) is 11.3 Å². The standard InChI is InChI=1S/C26H29BrN2O7/c1-6-15(4)36-23-19(27)12-16(13-22(23)33-5)11-18-24(30)28-26(32)29(25(18)31)20-14-17(34-7-2)9-10-21(20)35-8-3/h9-15H,6-8H2,1-5H3,(H,28,30,32)/b18-11+/t15-/m0/s1. The normalized spacial score (nSPS) is 15.6. The van der Waals surface area contributed by atoms with Crippen molar-refractivity contribution >= 4 is 45.5 Å². The van der Waals surface area contributed by atoms with Crippen molar-refractivity contribution in [1.82, 2.24) is 5.32 Å². The second kappa shape index (κ2) is 11.9. The Morgan fingerprint density at radius 1 is 1.03 bits per heavy atom. The molecule has 1 heterocycles. The van der Waals surface area contributed by atoms with Crippen LogP contribution in [-0.4, -0.2) is 44.3 Å². The zero-order valence-corrected chi connectivity index (χ0v) is 22.4. The van der Waals surface area contributed by atoms with Gasteiger partial charge in [0.25, 0.3) is 11.8 Å². The lowest BCUT2D eigenvalue weighted by Gasteiger charge is -2.28. The molecule has 1 atom stereocenters. The molecule has 0 spiro atoms. The molecule has 1 aliphatic heterocycles. The predicted molar refractivity (Wildman–Crippen MR) is 139 cm³/mol. The number of nitrogens with one attached hydrogen (secondary N) is 1. The van der Waals surface area contributed by atoms with Crippen LogP contribution in [0.1, 0.15) is 39.7 Å². The third kappa shape index (κ3) is 5.81. The number of carbonyl (C=O) groups is 3. The van der Waals surface area contributed by atoms with Crippen LogP contribution in [0.25, 0.3) is 6.08 Å². The van der Waals surface area contributed by atoms with E-state index in [9.17, 15) is 14.4 Å². The summed E-state index contributed by atoms with van der Waals surface area (Å²) in [7, 11) is 1.50. The van der Waals surface area contributed by atoms with Gasteiger partial charge < -0.3 is 18.9 Å². The Bertz CT molecular complexity index is 1200. The summed E-state index contributed by atoms with van der Waals surface area (Å²) in [6.07, 6.45) is 2.15. The van der Waals surface area contributed by atoms with Gasteiger partial charge in [0.05, 0.1) is 36.6 Å². The topological polar surface area (TPSA) is 103 Å². The lowest BCUT2D eigenvalue weighted by molar-refractivity contribution is -0.122. The molecule has 1 fully saturated rings. The van der Waals surface area contributed by atoms with Gasteiger partial charge in [-0.2, -0.15) is 0 Å². The Morgan fingerprint density at radius 2 is 1.75 bits per heavy atom. The number of rotatable bonds is 10. The monoisotopic (exact) mass is 560 g/mol. The van der Waals surface area contributed by atoms with Gasteiger partial charge in [0.15, 0.2) is 11.5 Å². The van der Waals surface area contributed by atoms with Crippen molar-refractivity contribution in [2.24, 2.45) is 0 Å². The van der Waals surface area contributed by atoms with Crippen LogP contribution in [0.15, 0.2) is 40.4 Å². The summed E-state index contributed by atoms with van der Waals surface area (Å²) in [5.41, 5.74) is 0.430. The Balaban J connectivity index is 2.06. The Hall–Kier alpha value is -3.53. The zero-order chi connectivity index (χ0) is 26.4. The summed E-state index contributed by atoms with van der Waals surface area (Å²) in [5, 5.41) is 2.23. The fraction of sp³-hybridized carbons (Fsp3) is 0.346. The van der Waals surface area contributed by atoms with Crippen molar-refractivity contribution in [2.45, 2.75) is 40.2 Å². The van der Waals surface area contributed by atoms with Gasteiger partial charge >= 0.3 is 6.03 Å². The quantitative estimate of drug-likeness (QED) is 0.318. The van der Waals surface area contributed by atoms with Crippen LogP contribution in [0.4, 0.5) is 10.5 Å². The van der Waals surface area contributed by atoms with Gasteiger partial charge in [-0.25, -0.2) is 9.69 Å². The van der Waals surface area contributed by atoms with Crippen molar-refractivity contribution in [3.05, 3.63) is 45.9 Å². The molecule has 0 bridgehead atoms. The van der Waals surface area contributed by atoms with Gasteiger partial charge in [0, 0.05) is 6.07 Å². The molecule has 1 N–H and O–H groups in total. The largest absolute Gasteiger partial charge is 0.494 e. The number of barbiturate groups is 1. The maximum Gasteiger partial charge on any atom is 0.336 e. The molecular weight excluding hydrogens is 532 g/mol. The molecule has 1 aliphatic rings. The second-order valence-electron chi connectivity index (χ2n) is 7.82. The molecule has 3 rings (SSSR count). The molecule has 9 nitrogen and oxygen atoms in total. The van der Waals surface area contributed by atoms with E-state index >= 15 is 0 Å². The summed E-state index contributed by atoms with van der Waals surface area (Å²) in [6.45, 7) is 8.25. The molecule has 2 aromatic rings. The highest BCUT2D eigenvalue weighted by Gasteiger charge is 2.38. The summed E-state index contributed by atoms with van der Waals surface area (Å²) in [6, 6.07) is 7.29. The molecule has 4 amide bonds. The van der Waals surface area contributed by atoms with Gasteiger partial charge in [-0.3, -0.25) is 14.9 Å². The number of halogens is 1. The van der Waals surface area contributed by atoms with E-state index < -0.39 is 17.8 Å². The summed E-state index contributed by atoms with van der Waals surface area (Å²) in [5.74, 6) is 0.0812. The first-order valence-corrected chi connectivity index (χ1v) is 12.4. The molecule has 0 radical (unpaired) electrons. The fourth-order valence-electron chi connectivity index (χ4n) is 3.47. The highest BCUT2D eigenvalue weighted by molar-refractivity contribution is 9.10. The van der Waals surface area contributed by atoms with Crippen molar-refractivity contribution in [3.63, 3.8) is 0 Å². The first-order valence-electron chi connectivity index (χ1n) is 11.6. The molecule has 2 aromatic carbocycles. The molecule has 0 saturated carbocycles. The van der Waals surface area contributed by atoms with E-state index in [0.29, 0.717) is 46.2 Å². The van der Waals surface area contributed by atoms with Gasteiger partial charge in [-0.1, -0.05) is 6.92 Å². The predicted octanol–water partition coefficient (Wildman–Crippen LogP) is 5.10. The Kier molecular flexibility index (Phi) is 8.98. The molecule has 1 saturated heterocycles. The number of benzene rings is 2. The second-order valence-corrected chi connectivity index (χ2v) is 8.68. The van der Waals surface area contributed by atoms with Crippen molar-refractivity contribution < 1.29 is 33.3 Å². The lowest BCUT2D eigenvalue weighted by atomic mass is 10.1. The highest BCUT2D eigenvalue weighted by Crippen LogP contribution is 2.39. The minimum atomic E-state index is -0.882. The first kappa shape index (κ1) is 27.1. The zero-order valence-electron chi connectivity index (χ0n) is 20.8. The van der Waals surface area contributed by atoms with Crippen molar-refractivity contribution in [2.75, 3.05) is 25.2 Å². The number of ether oxygens (including phenoxy) is 4. The van der Waals surface area contributed by atoms with Gasteiger partial charge in [0.1, 0.15) is 17.1 Å². The molecule has 10 heteroatoms. The Morgan fingerprint density at radius 3 is 2.39 bits per heavy atom. The first-order chi connectivity index (χ1) is 17.2. The molecular formula is C26H29BrN2O7. The number of methoxy groups -OCH3 is 1. The number of carbonyl (C=O) groups excluding carboxylic acids is 3. The lowest BCUT2D eigenvalue weighted by Crippen LogP contribution is -2.54. The van der Waals surface area contributed by atoms with Crippen LogP contribution in [0.5, 0.6) is 23.0 Å². The SMILES string of the molecule is CCOc1ccc(OCC)c(N2C(=O)NC(=O)/C(=C\c3cc(Br)c(O[C@@H](C)CC)c(OC)c3)C2=O)c1. The number of nitrogens with zero attached hydrogens (tertiary/aromatic N) is 1. The van der Waals surface area contributed by atoms with Gasteiger partial charge in [-0.05, 0) is 79.0 Å². The molecule has 36 heavy (non-hydrogen) atoms. The van der Waals surface area contributed by atoms with Crippen molar-refractivity contribution in [1.29, 1.82) is 0 Å². The van der Waals surface area contributed by atoms with Crippen LogP contribution in [0.3, 0.4) is 0 Å². The molecule has 0 unspecified atom stereocenters. The van der Waals surface area contributed by atoms with Gasteiger partial charge in [-0.15, -0.1) is 0 Å². The smallest absolute Gasteiger partial charge is 0.336 e. The minimum absolute atomic E-state index is 0.0448. The van der Waals surface area contributed by atoms with Crippen LogP contribution in [-0.2, 0) is 9.59 Å². The van der Waals surface area contributed by atoms with Crippen molar-refractivity contribution in [3.8, 4) is 23.0 Å². The van der Waals surface area contributed by atoms with E-state index in [2.05, 4.69) is 21.2 Å². The highest BCUT2D eigenvalue weighted by atomic mass is 79.9. The fourth-order valence-corrected chi connectivity index (χ4v) is 4.02. The maximum atomic E-state index is 13.5. The van der Waals surface area contributed by atoms with E-state index in [1.807, 2.05) is 20.8 Å². The minimum Gasteiger partial charge on any atom is -0.494 e. The average Bonchev–Trinajstić information content (AvgIpc) is 2.84. The number of hydrogen-bond acceptors (Lipinski definition) is 7. The maximum absolute atomic E-state index is 13.5. The Labute approximate surface area is 218 Å². The number of urea groups is 1. The van der Waals surface area contributed by atoms with E-state index in [-0.39, 0.29) is 17.4 Å². The number of hydrogen-bond donors (Lipinski definition) is 1.